The first-order chi connectivity index (χ1) is 14.5. The van der Waals surface area contributed by atoms with Gasteiger partial charge < -0.3 is 24.1 Å². The van der Waals surface area contributed by atoms with E-state index in [1.807, 2.05) is 6.92 Å². The van der Waals surface area contributed by atoms with Crippen molar-refractivity contribution in [3.8, 4) is 17.2 Å². The number of nitrogens with zero attached hydrogens (tertiary/aromatic N) is 1. The molecule has 0 saturated carbocycles. The maximum atomic E-state index is 12.8. The second kappa shape index (κ2) is 9.57. The predicted molar refractivity (Wildman–Crippen MR) is 119 cm³/mol. The van der Waals surface area contributed by atoms with Gasteiger partial charge in [0.1, 0.15) is 0 Å². The molecule has 0 aliphatic rings. The Morgan fingerprint density at radius 3 is 2.33 bits per heavy atom. The number of nitrogens with one attached hydrogen (secondary N) is 1. The predicted octanol–water partition coefficient (Wildman–Crippen LogP) is 4.44. The van der Waals surface area contributed by atoms with E-state index in [0.29, 0.717) is 22.8 Å². The molecule has 0 fully saturated rings. The molecule has 160 valence electrons. The summed E-state index contributed by atoms with van der Waals surface area (Å²) in [6.45, 7) is 5.11. The third-order valence-electron chi connectivity index (χ3n) is 5.36. The van der Waals surface area contributed by atoms with Crippen LogP contribution in [0.3, 0.4) is 0 Å². The van der Waals surface area contributed by atoms with E-state index >= 15 is 0 Å². The summed E-state index contributed by atoms with van der Waals surface area (Å²) in [5.74, 6) is 1.22. The molecule has 0 spiro atoms. The quantitative estimate of drug-likeness (QED) is 0.567. The van der Waals surface area contributed by atoms with Crippen LogP contribution in [0.15, 0.2) is 42.6 Å². The summed E-state index contributed by atoms with van der Waals surface area (Å²) in [6.07, 6.45) is 3.95. The number of fused-ring (bicyclic) bond motifs is 1. The van der Waals surface area contributed by atoms with Crippen LogP contribution in [0.4, 0.5) is 0 Å². The Bertz CT molecular complexity index is 1000. The number of para-hydroxylation sites is 1. The van der Waals surface area contributed by atoms with Crippen LogP contribution in [0.2, 0.25) is 0 Å². The number of methoxy groups -OCH3 is 3. The minimum absolute atomic E-state index is 0.0142. The van der Waals surface area contributed by atoms with E-state index in [4.69, 9.17) is 14.2 Å². The molecule has 3 rings (SSSR count). The van der Waals surface area contributed by atoms with Gasteiger partial charge >= 0.3 is 0 Å². The molecule has 30 heavy (non-hydrogen) atoms. The van der Waals surface area contributed by atoms with Crippen molar-refractivity contribution in [2.45, 2.75) is 39.3 Å². The number of aryl methyl sites for hydroxylation is 2. The van der Waals surface area contributed by atoms with Crippen molar-refractivity contribution in [2.75, 3.05) is 21.3 Å². The topological polar surface area (TPSA) is 61.7 Å². The van der Waals surface area contributed by atoms with Crippen LogP contribution in [-0.4, -0.2) is 37.8 Å². The Hall–Kier alpha value is -3.15. The van der Waals surface area contributed by atoms with Crippen molar-refractivity contribution < 1.29 is 19.0 Å². The SMILES string of the molecule is CCn1cc(CC[C@@H](C)NC(=O)c2cc(OC)c(OC)c(OC)c2)c2ccccc21. The number of benzene rings is 2. The third-order valence-corrected chi connectivity index (χ3v) is 5.36. The number of carbonyl (C=O) groups excluding carboxylic acids is 1. The molecular weight excluding hydrogens is 380 g/mol. The number of hydrogen-bond donors (Lipinski definition) is 1. The molecule has 0 unspecified atom stereocenters. The molecule has 1 atom stereocenters. The number of aromatic nitrogens is 1. The van der Waals surface area contributed by atoms with Gasteiger partial charge in [0.15, 0.2) is 11.5 Å². The fraction of sp³-hybridized carbons (Fsp3) is 0.375. The molecule has 0 aliphatic carbocycles. The second-order valence-electron chi connectivity index (χ2n) is 7.28. The standard InChI is InChI=1S/C24H30N2O4/c1-6-26-15-17(19-9-7-8-10-20(19)26)12-11-16(2)25-24(27)18-13-21(28-3)23(30-5)22(14-18)29-4/h7-10,13-16H,6,11-12H2,1-5H3,(H,25,27)/t16-/m1/s1. The molecule has 2 aromatic carbocycles. The molecule has 0 bridgehead atoms. The lowest BCUT2D eigenvalue weighted by Crippen LogP contribution is -2.32. The van der Waals surface area contributed by atoms with Gasteiger partial charge in [-0.1, -0.05) is 18.2 Å². The van der Waals surface area contributed by atoms with Crippen LogP contribution >= 0.6 is 0 Å². The maximum absolute atomic E-state index is 12.8. The van der Waals surface area contributed by atoms with Gasteiger partial charge in [-0.25, -0.2) is 0 Å². The van der Waals surface area contributed by atoms with Gasteiger partial charge in [0.05, 0.1) is 21.3 Å². The molecule has 6 heteroatoms. The van der Waals surface area contributed by atoms with Crippen LogP contribution in [0.1, 0.15) is 36.2 Å². The summed E-state index contributed by atoms with van der Waals surface area (Å²) in [4.78, 5) is 12.8. The number of amides is 1. The zero-order valence-corrected chi connectivity index (χ0v) is 18.3. The lowest BCUT2D eigenvalue weighted by Gasteiger charge is -2.16. The van der Waals surface area contributed by atoms with Crippen molar-refractivity contribution in [1.29, 1.82) is 0 Å². The first-order valence-corrected chi connectivity index (χ1v) is 10.2. The van der Waals surface area contributed by atoms with Crippen LogP contribution in [0, 0.1) is 0 Å². The van der Waals surface area contributed by atoms with Gasteiger partial charge in [-0.05, 0) is 50.5 Å². The molecule has 0 aliphatic heterocycles. The van der Waals surface area contributed by atoms with Crippen molar-refractivity contribution in [3.63, 3.8) is 0 Å². The number of rotatable bonds is 9. The Morgan fingerprint density at radius 2 is 1.73 bits per heavy atom. The molecule has 1 N–H and O–H groups in total. The van der Waals surface area contributed by atoms with Crippen molar-refractivity contribution in [1.82, 2.24) is 9.88 Å². The normalized spacial score (nSPS) is 11.9. The molecule has 1 aromatic heterocycles. The van der Waals surface area contributed by atoms with E-state index in [9.17, 15) is 4.79 Å². The van der Waals surface area contributed by atoms with Gasteiger partial charge in [-0.2, -0.15) is 0 Å². The molecule has 1 heterocycles. The molecule has 0 radical (unpaired) electrons. The number of carbonyl (C=O) groups is 1. The lowest BCUT2D eigenvalue weighted by atomic mass is 10.0. The summed E-state index contributed by atoms with van der Waals surface area (Å²) >= 11 is 0. The maximum Gasteiger partial charge on any atom is 0.251 e. The van der Waals surface area contributed by atoms with E-state index in [1.165, 1.54) is 37.8 Å². The van der Waals surface area contributed by atoms with Crippen LogP contribution in [0.25, 0.3) is 10.9 Å². The summed E-state index contributed by atoms with van der Waals surface area (Å²) in [6, 6.07) is 11.8. The molecule has 3 aromatic rings. The molecular formula is C24H30N2O4. The Kier molecular flexibility index (Phi) is 6.87. The molecule has 1 amide bonds. The Morgan fingerprint density at radius 1 is 1.07 bits per heavy atom. The summed E-state index contributed by atoms with van der Waals surface area (Å²) < 4.78 is 18.3. The fourth-order valence-corrected chi connectivity index (χ4v) is 3.75. The first kappa shape index (κ1) is 21.6. The minimum Gasteiger partial charge on any atom is -0.493 e. The first-order valence-electron chi connectivity index (χ1n) is 10.2. The zero-order valence-electron chi connectivity index (χ0n) is 18.3. The van der Waals surface area contributed by atoms with Gasteiger partial charge in [-0.3, -0.25) is 4.79 Å². The lowest BCUT2D eigenvalue weighted by molar-refractivity contribution is 0.0937. The van der Waals surface area contributed by atoms with Crippen molar-refractivity contribution >= 4 is 16.8 Å². The largest absolute Gasteiger partial charge is 0.493 e. The van der Waals surface area contributed by atoms with Crippen LogP contribution < -0.4 is 19.5 Å². The molecule has 0 saturated heterocycles. The highest BCUT2D eigenvalue weighted by atomic mass is 16.5. The number of ether oxygens (including phenoxy) is 3. The van der Waals surface area contributed by atoms with Gasteiger partial charge in [-0.15, -0.1) is 0 Å². The average Bonchev–Trinajstić information content (AvgIpc) is 3.14. The fourth-order valence-electron chi connectivity index (χ4n) is 3.75. The van der Waals surface area contributed by atoms with Crippen LogP contribution in [0.5, 0.6) is 17.2 Å². The van der Waals surface area contributed by atoms with Crippen molar-refractivity contribution in [2.24, 2.45) is 0 Å². The van der Waals surface area contributed by atoms with E-state index in [-0.39, 0.29) is 11.9 Å². The smallest absolute Gasteiger partial charge is 0.251 e. The monoisotopic (exact) mass is 410 g/mol. The van der Waals surface area contributed by atoms with Gasteiger partial charge in [0.2, 0.25) is 5.75 Å². The van der Waals surface area contributed by atoms with E-state index in [0.717, 1.165) is 19.4 Å². The number of hydrogen-bond acceptors (Lipinski definition) is 4. The summed E-state index contributed by atoms with van der Waals surface area (Å²) in [5.41, 5.74) is 3.03. The second-order valence-corrected chi connectivity index (χ2v) is 7.28. The van der Waals surface area contributed by atoms with Gasteiger partial charge in [0.25, 0.3) is 5.91 Å². The molecule has 6 nitrogen and oxygen atoms in total. The summed E-state index contributed by atoms with van der Waals surface area (Å²) in [5, 5.41) is 4.36. The van der Waals surface area contributed by atoms with Crippen molar-refractivity contribution in [3.05, 3.63) is 53.7 Å². The third kappa shape index (κ3) is 4.37. The Labute approximate surface area is 177 Å². The Balaban J connectivity index is 1.70. The minimum atomic E-state index is -0.169. The zero-order chi connectivity index (χ0) is 21.7. The summed E-state index contributed by atoms with van der Waals surface area (Å²) in [7, 11) is 4.61. The highest BCUT2D eigenvalue weighted by molar-refractivity contribution is 5.95. The highest BCUT2D eigenvalue weighted by Crippen LogP contribution is 2.38. The van der Waals surface area contributed by atoms with Gasteiger partial charge in [0, 0.05) is 35.2 Å². The van der Waals surface area contributed by atoms with Crippen LogP contribution in [-0.2, 0) is 13.0 Å². The van der Waals surface area contributed by atoms with E-state index < -0.39 is 0 Å². The van der Waals surface area contributed by atoms with E-state index in [1.54, 1.807) is 12.1 Å². The average molecular weight is 411 g/mol. The van der Waals surface area contributed by atoms with E-state index in [2.05, 4.69) is 47.3 Å². The highest BCUT2D eigenvalue weighted by Gasteiger charge is 2.18.